The van der Waals surface area contributed by atoms with Gasteiger partial charge < -0.3 is 14.6 Å². The van der Waals surface area contributed by atoms with Crippen LogP contribution >= 0.6 is 11.6 Å². The second-order valence-electron chi connectivity index (χ2n) is 6.52. The summed E-state index contributed by atoms with van der Waals surface area (Å²) in [7, 11) is 0. The minimum atomic E-state index is -0.188. The number of nitrogens with one attached hydrogen (secondary N) is 1. The molecule has 0 bridgehead atoms. The van der Waals surface area contributed by atoms with Gasteiger partial charge in [-0.15, -0.1) is 0 Å². The fraction of sp³-hybridized carbons (Fsp3) is 0.130. The van der Waals surface area contributed by atoms with E-state index in [0.717, 1.165) is 22.6 Å². The molecule has 0 saturated carbocycles. The number of ether oxygens (including phenoxy) is 1. The van der Waals surface area contributed by atoms with E-state index in [1.165, 1.54) is 0 Å². The molecular weight excluding hydrogens is 386 g/mol. The molecule has 5 nitrogen and oxygen atoms in total. The first-order valence-corrected chi connectivity index (χ1v) is 9.74. The van der Waals surface area contributed by atoms with Crippen LogP contribution in [-0.4, -0.2) is 22.1 Å². The van der Waals surface area contributed by atoms with Gasteiger partial charge in [-0.2, -0.15) is 0 Å². The van der Waals surface area contributed by atoms with Crippen molar-refractivity contribution >= 4 is 28.5 Å². The van der Waals surface area contributed by atoms with Crippen LogP contribution < -0.4 is 10.1 Å². The summed E-state index contributed by atoms with van der Waals surface area (Å²) in [6.07, 6.45) is 0. The quantitative estimate of drug-likeness (QED) is 0.485. The Morgan fingerprint density at radius 2 is 1.79 bits per heavy atom. The molecule has 1 heterocycles. The first kappa shape index (κ1) is 19.0. The van der Waals surface area contributed by atoms with Crippen LogP contribution in [0.25, 0.3) is 11.0 Å². The Morgan fingerprint density at radius 3 is 2.62 bits per heavy atom. The molecule has 0 aliphatic heterocycles. The van der Waals surface area contributed by atoms with Gasteiger partial charge in [-0.3, -0.25) is 4.79 Å². The Kier molecular flexibility index (Phi) is 5.77. The number of carbonyl (C=O) groups is 1. The zero-order valence-electron chi connectivity index (χ0n) is 15.7. The molecule has 1 aromatic heterocycles. The fourth-order valence-electron chi connectivity index (χ4n) is 3.17. The van der Waals surface area contributed by atoms with Gasteiger partial charge in [0.2, 0.25) is 0 Å². The topological polar surface area (TPSA) is 56.2 Å². The first-order valence-electron chi connectivity index (χ1n) is 9.36. The van der Waals surface area contributed by atoms with Crippen molar-refractivity contribution in [3.05, 3.63) is 95.3 Å². The average molecular weight is 406 g/mol. The molecule has 4 rings (SSSR count). The highest BCUT2D eigenvalue weighted by Crippen LogP contribution is 2.17. The number of rotatable bonds is 7. The number of hydrogen-bond donors (Lipinski definition) is 1. The van der Waals surface area contributed by atoms with Gasteiger partial charge in [0.05, 0.1) is 24.1 Å². The third kappa shape index (κ3) is 4.58. The summed E-state index contributed by atoms with van der Waals surface area (Å²) in [4.78, 5) is 17.2. The third-order valence-electron chi connectivity index (χ3n) is 4.55. The van der Waals surface area contributed by atoms with Gasteiger partial charge in [-0.25, -0.2) is 4.98 Å². The first-order chi connectivity index (χ1) is 14.2. The average Bonchev–Trinajstić information content (AvgIpc) is 3.10. The molecule has 4 aromatic rings. The van der Waals surface area contributed by atoms with E-state index in [2.05, 4.69) is 14.9 Å². The van der Waals surface area contributed by atoms with Gasteiger partial charge in [0.1, 0.15) is 18.2 Å². The lowest BCUT2D eigenvalue weighted by molar-refractivity contribution is 0.0949. The van der Waals surface area contributed by atoms with E-state index >= 15 is 0 Å². The van der Waals surface area contributed by atoms with E-state index in [4.69, 9.17) is 16.3 Å². The number of imidazole rings is 1. The van der Waals surface area contributed by atoms with E-state index < -0.39 is 0 Å². The van der Waals surface area contributed by atoms with E-state index in [1.807, 2.05) is 54.6 Å². The van der Waals surface area contributed by atoms with Crippen molar-refractivity contribution in [3.8, 4) is 5.75 Å². The van der Waals surface area contributed by atoms with Gasteiger partial charge in [-0.05, 0) is 42.5 Å². The molecular formula is C23H20ClN3O2. The Hall–Kier alpha value is -3.31. The smallest absolute Gasteiger partial charge is 0.251 e. The van der Waals surface area contributed by atoms with Gasteiger partial charge in [0.25, 0.3) is 5.91 Å². The Morgan fingerprint density at radius 1 is 1.00 bits per heavy atom. The Bertz CT molecular complexity index is 1130. The fourth-order valence-corrected chi connectivity index (χ4v) is 3.36. The number of carbonyl (C=O) groups excluding carboxylic acids is 1. The van der Waals surface area contributed by atoms with Crippen LogP contribution in [-0.2, 0) is 13.1 Å². The van der Waals surface area contributed by atoms with Crippen molar-refractivity contribution in [3.63, 3.8) is 0 Å². The SMILES string of the molecule is O=C(NCc1nc2ccccc2n1CCOc1ccccc1)c1cccc(Cl)c1. The molecule has 0 aliphatic carbocycles. The summed E-state index contributed by atoms with van der Waals surface area (Å²) >= 11 is 5.98. The molecule has 0 spiro atoms. The maximum Gasteiger partial charge on any atom is 0.251 e. The zero-order chi connectivity index (χ0) is 20.1. The van der Waals surface area contributed by atoms with Crippen LogP contribution in [0.2, 0.25) is 5.02 Å². The standard InChI is InChI=1S/C23H20ClN3O2/c24-18-8-6-7-17(15-18)23(28)25-16-22-26-20-11-4-5-12-21(20)27(22)13-14-29-19-9-2-1-3-10-19/h1-12,15H,13-14,16H2,(H,25,28). The van der Waals surface area contributed by atoms with Gasteiger partial charge in [-0.1, -0.05) is 48.0 Å². The Balaban J connectivity index is 1.49. The van der Waals surface area contributed by atoms with Gasteiger partial charge in [0, 0.05) is 10.6 Å². The predicted molar refractivity (Wildman–Crippen MR) is 114 cm³/mol. The monoisotopic (exact) mass is 405 g/mol. The zero-order valence-corrected chi connectivity index (χ0v) is 16.5. The number of aromatic nitrogens is 2. The second kappa shape index (κ2) is 8.80. The molecule has 0 aliphatic rings. The van der Waals surface area contributed by atoms with Crippen molar-refractivity contribution in [2.45, 2.75) is 13.1 Å². The lowest BCUT2D eigenvalue weighted by Crippen LogP contribution is -2.25. The predicted octanol–water partition coefficient (Wildman–Crippen LogP) is 4.70. The van der Waals surface area contributed by atoms with Gasteiger partial charge >= 0.3 is 0 Å². The van der Waals surface area contributed by atoms with Crippen molar-refractivity contribution in [1.82, 2.24) is 14.9 Å². The van der Waals surface area contributed by atoms with Crippen LogP contribution in [0, 0.1) is 0 Å². The summed E-state index contributed by atoms with van der Waals surface area (Å²) in [6.45, 7) is 1.43. The minimum Gasteiger partial charge on any atom is -0.492 e. The number of hydrogen-bond acceptors (Lipinski definition) is 3. The second-order valence-corrected chi connectivity index (χ2v) is 6.96. The highest BCUT2D eigenvalue weighted by molar-refractivity contribution is 6.30. The van der Waals surface area contributed by atoms with Crippen LogP contribution in [0.15, 0.2) is 78.9 Å². The number of amides is 1. The molecule has 146 valence electrons. The third-order valence-corrected chi connectivity index (χ3v) is 4.79. The molecule has 29 heavy (non-hydrogen) atoms. The van der Waals surface area contributed by atoms with Crippen LogP contribution in [0.4, 0.5) is 0 Å². The molecule has 6 heteroatoms. The number of para-hydroxylation sites is 3. The molecule has 0 atom stereocenters. The summed E-state index contributed by atoms with van der Waals surface area (Å²) < 4.78 is 7.92. The highest BCUT2D eigenvalue weighted by atomic mass is 35.5. The number of nitrogens with zero attached hydrogens (tertiary/aromatic N) is 2. The van der Waals surface area contributed by atoms with Gasteiger partial charge in [0.15, 0.2) is 0 Å². The van der Waals surface area contributed by atoms with E-state index in [9.17, 15) is 4.79 Å². The van der Waals surface area contributed by atoms with Crippen LogP contribution in [0.3, 0.4) is 0 Å². The van der Waals surface area contributed by atoms with Crippen molar-refractivity contribution < 1.29 is 9.53 Å². The van der Waals surface area contributed by atoms with E-state index in [0.29, 0.717) is 30.3 Å². The summed E-state index contributed by atoms with van der Waals surface area (Å²) in [6, 6.07) is 24.5. The molecule has 0 unspecified atom stereocenters. The lowest BCUT2D eigenvalue weighted by atomic mass is 10.2. The minimum absolute atomic E-state index is 0.188. The van der Waals surface area contributed by atoms with E-state index in [1.54, 1.807) is 24.3 Å². The van der Waals surface area contributed by atoms with Crippen LogP contribution in [0.1, 0.15) is 16.2 Å². The van der Waals surface area contributed by atoms with Crippen LogP contribution in [0.5, 0.6) is 5.75 Å². The number of benzene rings is 3. The van der Waals surface area contributed by atoms with Crippen molar-refractivity contribution in [1.29, 1.82) is 0 Å². The normalized spacial score (nSPS) is 10.8. The highest BCUT2D eigenvalue weighted by Gasteiger charge is 2.13. The molecule has 0 radical (unpaired) electrons. The molecule has 0 fully saturated rings. The Labute approximate surface area is 173 Å². The van der Waals surface area contributed by atoms with Crippen molar-refractivity contribution in [2.24, 2.45) is 0 Å². The summed E-state index contributed by atoms with van der Waals surface area (Å²) in [5, 5.41) is 3.46. The molecule has 3 aromatic carbocycles. The number of fused-ring (bicyclic) bond motifs is 1. The summed E-state index contributed by atoms with van der Waals surface area (Å²) in [5.74, 6) is 1.41. The number of halogens is 1. The maximum absolute atomic E-state index is 12.5. The summed E-state index contributed by atoms with van der Waals surface area (Å²) in [5.41, 5.74) is 2.42. The molecule has 1 N–H and O–H groups in total. The lowest BCUT2D eigenvalue weighted by Gasteiger charge is -2.11. The van der Waals surface area contributed by atoms with E-state index in [-0.39, 0.29) is 5.91 Å². The maximum atomic E-state index is 12.5. The molecule has 0 saturated heterocycles. The largest absolute Gasteiger partial charge is 0.492 e. The molecule has 1 amide bonds. The van der Waals surface area contributed by atoms with Crippen molar-refractivity contribution in [2.75, 3.05) is 6.61 Å².